The second kappa shape index (κ2) is 9.21. The monoisotopic (exact) mass is 371 g/mol. The van der Waals surface area contributed by atoms with Crippen LogP contribution in [0, 0.1) is 0 Å². The third-order valence-corrected chi connectivity index (χ3v) is 4.66. The Balaban J connectivity index is 1.43. The van der Waals surface area contributed by atoms with Crippen molar-refractivity contribution in [3.8, 4) is 17.6 Å². The number of hydrogen-bond acceptors (Lipinski definition) is 6. The maximum atomic E-state index is 12.5. The number of likely N-dealkylation sites (tertiary alicyclic amines) is 1. The van der Waals surface area contributed by atoms with Crippen molar-refractivity contribution in [2.45, 2.75) is 31.8 Å². The van der Waals surface area contributed by atoms with Crippen LogP contribution >= 0.6 is 0 Å². The smallest absolute Gasteiger partial charge is 0.319 e. The lowest BCUT2D eigenvalue weighted by molar-refractivity contribution is -0.132. The predicted molar refractivity (Wildman–Crippen MR) is 100 cm³/mol. The van der Waals surface area contributed by atoms with E-state index in [1.807, 2.05) is 29.2 Å². The van der Waals surface area contributed by atoms with Gasteiger partial charge in [0.2, 0.25) is 11.8 Å². The molecule has 1 fully saturated rings. The Kier molecular flexibility index (Phi) is 6.46. The van der Waals surface area contributed by atoms with Crippen molar-refractivity contribution in [2.75, 3.05) is 27.3 Å². The maximum absolute atomic E-state index is 12.5. The minimum absolute atomic E-state index is 0.0512. The standard InChI is InChI=1S/C20H25N3O4/c1-25-16-6-3-15(4-7-16)5-8-19(24)23-13-10-17(11-14-23)27-18-9-12-21-20(22-18)26-2/h3-4,6-7,9,12,17H,5,8,10-11,13-14H2,1-2H3. The van der Waals surface area contributed by atoms with Crippen molar-refractivity contribution in [1.29, 1.82) is 0 Å². The SMILES string of the molecule is COc1ccc(CCC(=O)N2CCC(Oc3ccnc(OC)n3)CC2)cc1. The van der Waals surface area contributed by atoms with E-state index in [1.165, 1.54) is 7.11 Å². The minimum Gasteiger partial charge on any atom is -0.497 e. The van der Waals surface area contributed by atoms with Crippen molar-refractivity contribution in [3.63, 3.8) is 0 Å². The van der Waals surface area contributed by atoms with E-state index in [2.05, 4.69) is 9.97 Å². The number of piperidine rings is 1. The fourth-order valence-corrected chi connectivity index (χ4v) is 3.08. The number of benzene rings is 1. The third-order valence-electron chi connectivity index (χ3n) is 4.66. The molecule has 1 aliphatic rings. The first-order valence-electron chi connectivity index (χ1n) is 9.12. The van der Waals surface area contributed by atoms with Crippen molar-refractivity contribution in [1.82, 2.24) is 14.9 Å². The molecule has 0 radical (unpaired) electrons. The van der Waals surface area contributed by atoms with Crippen molar-refractivity contribution in [3.05, 3.63) is 42.1 Å². The Morgan fingerprint density at radius 1 is 1.11 bits per heavy atom. The Morgan fingerprint density at radius 2 is 1.85 bits per heavy atom. The topological polar surface area (TPSA) is 73.8 Å². The number of carbonyl (C=O) groups excluding carboxylic acids is 1. The molecule has 0 atom stereocenters. The first-order valence-corrected chi connectivity index (χ1v) is 9.12. The van der Waals surface area contributed by atoms with Crippen molar-refractivity contribution in [2.24, 2.45) is 0 Å². The second-order valence-electron chi connectivity index (χ2n) is 6.43. The van der Waals surface area contributed by atoms with Gasteiger partial charge in [0.05, 0.1) is 14.2 Å². The fourth-order valence-electron chi connectivity index (χ4n) is 3.08. The van der Waals surface area contributed by atoms with Crippen LogP contribution in [0.25, 0.3) is 0 Å². The van der Waals surface area contributed by atoms with Gasteiger partial charge in [0, 0.05) is 44.6 Å². The highest BCUT2D eigenvalue weighted by Crippen LogP contribution is 2.19. The summed E-state index contributed by atoms with van der Waals surface area (Å²) in [5, 5.41) is 0. The number of amides is 1. The van der Waals surface area contributed by atoms with Gasteiger partial charge in [-0.05, 0) is 24.1 Å². The Bertz CT molecular complexity index is 743. The van der Waals surface area contributed by atoms with E-state index < -0.39 is 0 Å². The highest BCUT2D eigenvalue weighted by Gasteiger charge is 2.24. The van der Waals surface area contributed by atoms with E-state index in [4.69, 9.17) is 14.2 Å². The molecule has 0 unspecified atom stereocenters. The van der Waals surface area contributed by atoms with Crippen LogP contribution in [0.5, 0.6) is 17.6 Å². The molecule has 1 aromatic heterocycles. The van der Waals surface area contributed by atoms with Crippen LogP contribution in [0.3, 0.4) is 0 Å². The van der Waals surface area contributed by atoms with E-state index in [-0.39, 0.29) is 12.0 Å². The number of methoxy groups -OCH3 is 2. The van der Waals surface area contributed by atoms with Gasteiger partial charge < -0.3 is 19.1 Å². The number of carbonyl (C=O) groups is 1. The summed E-state index contributed by atoms with van der Waals surface area (Å²) in [5.41, 5.74) is 1.14. The molecule has 0 saturated carbocycles. The predicted octanol–water partition coefficient (Wildman–Crippen LogP) is 2.50. The van der Waals surface area contributed by atoms with E-state index in [0.717, 1.165) is 30.6 Å². The molecule has 0 aliphatic carbocycles. The van der Waals surface area contributed by atoms with Gasteiger partial charge in [0.1, 0.15) is 11.9 Å². The zero-order chi connectivity index (χ0) is 19.1. The molecule has 1 saturated heterocycles. The number of hydrogen-bond donors (Lipinski definition) is 0. The Morgan fingerprint density at radius 3 is 2.52 bits per heavy atom. The van der Waals surface area contributed by atoms with E-state index in [9.17, 15) is 4.79 Å². The van der Waals surface area contributed by atoms with Gasteiger partial charge in [-0.3, -0.25) is 4.79 Å². The average Bonchev–Trinajstić information content (AvgIpc) is 2.73. The molecule has 27 heavy (non-hydrogen) atoms. The number of rotatable bonds is 7. The molecule has 144 valence electrons. The molecule has 0 bridgehead atoms. The molecule has 7 nitrogen and oxygen atoms in total. The summed E-state index contributed by atoms with van der Waals surface area (Å²) >= 11 is 0. The summed E-state index contributed by atoms with van der Waals surface area (Å²) in [6.45, 7) is 1.41. The molecule has 0 spiro atoms. The summed E-state index contributed by atoms with van der Waals surface area (Å²) in [5.74, 6) is 1.52. The normalized spacial score (nSPS) is 14.7. The number of aromatic nitrogens is 2. The maximum Gasteiger partial charge on any atom is 0.319 e. The number of nitrogens with zero attached hydrogens (tertiary/aromatic N) is 3. The minimum atomic E-state index is 0.0512. The molecule has 2 heterocycles. The lowest BCUT2D eigenvalue weighted by Crippen LogP contribution is -2.41. The van der Waals surface area contributed by atoms with Gasteiger partial charge >= 0.3 is 6.01 Å². The molecule has 1 aromatic carbocycles. The molecular formula is C20H25N3O4. The Hall–Kier alpha value is -2.83. The summed E-state index contributed by atoms with van der Waals surface area (Å²) in [6.07, 6.45) is 4.50. The molecular weight excluding hydrogens is 346 g/mol. The van der Waals surface area contributed by atoms with Crippen LogP contribution in [-0.4, -0.2) is 54.2 Å². The molecule has 3 rings (SSSR count). The van der Waals surface area contributed by atoms with Crippen LogP contribution in [0.2, 0.25) is 0 Å². The summed E-state index contributed by atoms with van der Waals surface area (Å²) in [6, 6.07) is 9.85. The zero-order valence-electron chi connectivity index (χ0n) is 15.8. The first-order chi connectivity index (χ1) is 13.2. The van der Waals surface area contributed by atoms with Crippen LogP contribution in [-0.2, 0) is 11.2 Å². The third kappa shape index (κ3) is 5.32. The summed E-state index contributed by atoms with van der Waals surface area (Å²) < 4.78 is 16.1. The molecule has 0 N–H and O–H groups in total. The van der Waals surface area contributed by atoms with E-state index in [1.54, 1.807) is 19.4 Å². The van der Waals surface area contributed by atoms with Gasteiger partial charge in [0.25, 0.3) is 0 Å². The van der Waals surface area contributed by atoms with Gasteiger partial charge in [-0.25, -0.2) is 4.98 Å². The lowest BCUT2D eigenvalue weighted by atomic mass is 10.1. The van der Waals surface area contributed by atoms with E-state index >= 15 is 0 Å². The summed E-state index contributed by atoms with van der Waals surface area (Å²) in [7, 11) is 3.17. The lowest BCUT2D eigenvalue weighted by Gasteiger charge is -2.32. The van der Waals surface area contributed by atoms with Gasteiger partial charge in [-0.15, -0.1) is 0 Å². The number of aryl methyl sites for hydroxylation is 1. The van der Waals surface area contributed by atoms with E-state index in [0.29, 0.717) is 31.4 Å². The van der Waals surface area contributed by atoms with Crippen molar-refractivity contribution < 1.29 is 19.0 Å². The molecule has 2 aromatic rings. The quantitative estimate of drug-likeness (QED) is 0.745. The van der Waals surface area contributed by atoms with Crippen LogP contribution in [0.15, 0.2) is 36.5 Å². The van der Waals surface area contributed by atoms with Crippen LogP contribution in [0.4, 0.5) is 0 Å². The average molecular weight is 371 g/mol. The van der Waals surface area contributed by atoms with Gasteiger partial charge in [-0.2, -0.15) is 4.98 Å². The van der Waals surface area contributed by atoms with Gasteiger partial charge in [-0.1, -0.05) is 12.1 Å². The highest BCUT2D eigenvalue weighted by atomic mass is 16.5. The van der Waals surface area contributed by atoms with Crippen LogP contribution in [0.1, 0.15) is 24.8 Å². The molecule has 1 amide bonds. The fraction of sp³-hybridized carbons (Fsp3) is 0.450. The molecule has 1 aliphatic heterocycles. The van der Waals surface area contributed by atoms with Gasteiger partial charge in [0.15, 0.2) is 0 Å². The summed E-state index contributed by atoms with van der Waals surface area (Å²) in [4.78, 5) is 22.5. The number of ether oxygens (including phenoxy) is 3. The Labute approximate surface area is 159 Å². The largest absolute Gasteiger partial charge is 0.497 e. The van der Waals surface area contributed by atoms with Crippen molar-refractivity contribution >= 4 is 5.91 Å². The first kappa shape index (κ1) is 18.9. The molecule has 7 heteroatoms. The second-order valence-corrected chi connectivity index (χ2v) is 6.43. The highest BCUT2D eigenvalue weighted by molar-refractivity contribution is 5.76. The van der Waals surface area contributed by atoms with Crippen LogP contribution < -0.4 is 14.2 Å². The zero-order valence-corrected chi connectivity index (χ0v) is 15.8.